The fourth-order valence-electron chi connectivity index (χ4n) is 4.04. The van der Waals surface area contributed by atoms with Crippen LogP contribution in [0.5, 0.6) is 0 Å². The van der Waals surface area contributed by atoms with Crippen molar-refractivity contribution in [2.24, 2.45) is 7.05 Å². The molecular weight excluding hydrogens is 312 g/mol. The van der Waals surface area contributed by atoms with Gasteiger partial charge in [0.25, 0.3) is 0 Å². The summed E-state index contributed by atoms with van der Waals surface area (Å²) in [6, 6.07) is 0. The van der Waals surface area contributed by atoms with Crippen molar-refractivity contribution < 1.29 is 0 Å². The third kappa shape index (κ3) is 3.36. The maximum atomic E-state index is 4.93. The van der Waals surface area contributed by atoms with Gasteiger partial charge in [-0.05, 0) is 12.3 Å². The van der Waals surface area contributed by atoms with Crippen LogP contribution >= 0.6 is 0 Å². The smallest absolute Gasteiger partial charge is 0.147 e. The lowest BCUT2D eigenvalue weighted by Crippen LogP contribution is -2.34. The van der Waals surface area contributed by atoms with Crippen LogP contribution in [-0.2, 0) is 37.5 Å². The molecule has 6 heteroatoms. The molecule has 0 unspecified atom stereocenters. The van der Waals surface area contributed by atoms with Crippen LogP contribution in [-0.4, -0.2) is 36.0 Å². The van der Waals surface area contributed by atoms with Crippen LogP contribution in [0.2, 0.25) is 0 Å². The van der Waals surface area contributed by atoms with Gasteiger partial charge < -0.3 is 4.57 Å². The first-order valence-corrected chi connectivity index (χ1v) is 9.16. The summed E-state index contributed by atoms with van der Waals surface area (Å²) in [5, 5.41) is 13.5. The number of aromatic nitrogens is 5. The number of fused-ring (bicyclic) bond motifs is 1. The lowest BCUT2D eigenvalue weighted by Gasteiger charge is -2.30. The zero-order chi connectivity index (χ0) is 18.6. The summed E-state index contributed by atoms with van der Waals surface area (Å²) in [4.78, 5) is 2.44. The molecular formula is C19H32N6. The summed E-state index contributed by atoms with van der Waals surface area (Å²) in [5.41, 5.74) is 4.07. The first-order chi connectivity index (χ1) is 11.5. The van der Waals surface area contributed by atoms with Crippen molar-refractivity contribution in [2.75, 3.05) is 6.54 Å². The van der Waals surface area contributed by atoms with Crippen molar-refractivity contribution in [2.45, 2.75) is 78.9 Å². The predicted octanol–water partition coefficient (Wildman–Crippen LogP) is 2.93. The van der Waals surface area contributed by atoms with Gasteiger partial charge >= 0.3 is 0 Å². The minimum absolute atomic E-state index is 0.0681. The van der Waals surface area contributed by atoms with Crippen molar-refractivity contribution in [1.82, 2.24) is 29.4 Å². The molecule has 2 aromatic heterocycles. The number of rotatable bonds is 2. The summed E-state index contributed by atoms with van der Waals surface area (Å²) >= 11 is 0. The van der Waals surface area contributed by atoms with Crippen LogP contribution in [0.25, 0.3) is 0 Å². The predicted molar refractivity (Wildman–Crippen MR) is 99.5 cm³/mol. The molecule has 3 rings (SSSR count). The monoisotopic (exact) mass is 344 g/mol. The van der Waals surface area contributed by atoms with Gasteiger partial charge in [-0.3, -0.25) is 9.58 Å². The molecule has 0 N–H and O–H groups in total. The topological polar surface area (TPSA) is 51.8 Å². The fourth-order valence-corrected chi connectivity index (χ4v) is 4.04. The average Bonchev–Trinajstić information content (AvgIpc) is 2.98. The van der Waals surface area contributed by atoms with Gasteiger partial charge in [-0.2, -0.15) is 5.10 Å². The molecule has 2 aromatic rings. The second-order valence-electron chi connectivity index (χ2n) is 9.32. The van der Waals surface area contributed by atoms with Crippen LogP contribution in [0.15, 0.2) is 0 Å². The standard InChI is InChI=1S/C19H32N6/c1-13-20-21-15-12-24(9-10-25(13)15)11-14-16(18(2,3)4)17(19(5,6)7)23(8)22-14/h9-12H2,1-8H3. The molecule has 0 bridgehead atoms. The first kappa shape index (κ1) is 18.1. The van der Waals surface area contributed by atoms with Crippen molar-refractivity contribution in [3.05, 3.63) is 28.6 Å². The molecule has 6 nitrogen and oxygen atoms in total. The van der Waals surface area contributed by atoms with Crippen LogP contribution in [0.1, 0.15) is 70.1 Å². The summed E-state index contributed by atoms with van der Waals surface area (Å²) in [6.07, 6.45) is 0. The third-order valence-corrected chi connectivity index (χ3v) is 4.97. The Bertz CT molecular complexity index is 769. The molecule has 0 radical (unpaired) electrons. The largest absolute Gasteiger partial charge is 0.313 e. The van der Waals surface area contributed by atoms with Gasteiger partial charge in [-0.1, -0.05) is 41.5 Å². The second-order valence-corrected chi connectivity index (χ2v) is 9.32. The van der Waals surface area contributed by atoms with E-state index in [-0.39, 0.29) is 10.8 Å². The van der Waals surface area contributed by atoms with Crippen molar-refractivity contribution >= 4 is 0 Å². The maximum absolute atomic E-state index is 4.93. The summed E-state index contributed by atoms with van der Waals surface area (Å²) in [6.45, 7) is 19.4. The van der Waals surface area contributed by atoms with E-state index in [1.807, 2.05) is 6.92 Å². The van der Waals surface area contributed by atoms with Gasteiger partial charge in [-0.15, -0.1) is 10.2 Å². The Morgan fingerprint density at radius 2 is 1.64 bits per heavy atom. The molecule has 0 fully saturated rings. The zero-order valence-corrected chi connectivity index (χ0v) is 17.0. The van der Waals surface area contributed by atoms with E-state index >= 15 is 0 Å². The van der Waals surface area contributed by atoms with E-state index in [4.69, 9.17) is 5.10 Å². The van der Waals surface area contributed by atoms with Crippen molar-refractivity contribution in [1.29, 1.82) is 0 Å². The Morgan fingerprint density at radius 3 is 2.24 bits per heavy atom. The molecule has 1 aliphatic rings. The Hall–Kier alpha value is -1.69. The summed E-state index contributed by atoms with van der Waals surface area (Å²) < 4.78 is 4.31. The highest BCUT2D eigenvalue weighted by atomic mass is 15.3. The molecule has 0 saturated heterocycles. The number of hydrogen-bond acceptors (Lipinski definition) is 4. The van der Waals surface area contributed by atoms with Gasteiger partial charge in [0.1, 0.15) is 11.6 Å². The molecule has 25 heavy (non-hydrogen) atoms. The Kier molecular flexibility index (Phi) is 4.30. The Morgan fingerprint density at radius 1 is 0.960 bits per heavy atom. The fraction of sp³-hybridized carbons (Fsp3) is 0.737. The highest BCUT2D eigenvalue weighted by Gasteiger charge is 2.33. The van der Waals surface area contributed by atoms with Crippen molar-refractivity contribution in [3.8, 4) is 0 Å². The quantitative estimate of drug-likeness (QED) is 0.840. The third-order valence-electron chi connectivity index (χ3n) is 4.97. The van der Waals surface area contributed by atoms with Gasteiger partial charge in [0.2, 0.25) is 0 Å². The Labute approximate surface area is 151 Å². The normalized spacial score (nSPS) is 16.3. The average molecular weight is 345 g/mol. The van der Waals surface area contributed by atoms with Crippen LogP contribution in [0, 0.1) is 6.92 Å². The molecule has 0 amide bonds. The molecule has 0 saturated carbocycles. The molecule has 1 aliphatic heterocycles. The van der Waals surface area contributed by atoms with Crippen LogP contribution in [0.3, 0.4) is 0 Å². The second kappa shape index (κ2) is 5.94. The first-order valence-electron chi connectivity index (χ1n) is 9.16. The highest BCUT2D eigenvalue weighted by Crippen LogP contribution is 2.36. The SMILES string of the molecule is Cc1nnc2n1CCN(Cc1nn(C)c(C(C)(C)C)c1C(C)(C)C)C2. The number of hydrogen-bond donors (Lipinski definition) is 0. The van der Waals surface area contributed by atoms with E-state index < -0.39 is 0 Å². The van der Waals surface area contributed by atoms with Gasteiger partial charge in [0, 0.05) is 43.4 Å². The molecule has 138 valence electrons. The highest BCUT2D eigenvalue weighted by molar-refractivity contribution is 5.37. The molecule has 0 aromatic carbocycles. The van der Waals surface area contributed by atoms with Gasteiger partial charge in [0.05, 0.1) is 12.2 Å². The van der Waals surface area contributed by atoms with Crippen molar-refractivity contribution in [3.63, 3.8) is 0 Å². The van der Waals surface area contributed by atoms with E-state index in [1.165, 1.54) is 17.0 Å². The summed E-state index contributed by atoms with van der Waals surface area (Å²) in [7, 11) is 2.08. The van der Waals surface area contributed by atoms with Crippen LogP contribution in [0.4, 0.5) is 0 Å². The molecule has 0 spiro atoms. The number of aryl methyl sites for hydroxylation is 2. The number of nitrogens with zero attached hydrogens (tertiary/aromatic N) is 6. The molecule has 3 heterocycles. The lowest BCUT2D eigenvalue weighted by molar-refractivity contribution is 0.204. The molecule has 0 atom stereocenters. The van der Waals surface area contributed by atoms with Gasteiger partial charge in [0.15, 0.2) is 0 Å². The van der Waals surface area contributed by atoms with E-state index in [1.54, 1.807) is 0 Å². The van der Waals surface area contributed by atoms with E-state index in [0.29, 0.717) is 0 Å². The van der Waals surface area contributed by atoms with E-state index in [9.17, 15) is 0 Å². The molecule has 0 aliphatic carbocycles. The van der Waals surface area contributed by atoms with E-state index in [0.717, 1.165) is 37.8 Å². The van der Waals surface area contributed by atoms with E-state index in [2.05, 4.69) is 72.9 Å². The van der Waals surface area contributed by atoms with Gasteiger partial charge in [-0.25, -0.2) is 0 Å². The minimum atomic E-state index is 0.0681. The Balaban J connectivity index is 1.93. The van der Waals surface area contributed by atoms with Crippen LogP contribution < -0.4 is 0 Å². The maximum Gasteiger partial charge on any atom is 0.147 e. The lowest BCUT2D eigenvalue weighted by atomic mass is 9.78. The minimum Gasteiger partial charge on any atom is -0.313 e. The zero-order valence-electron chi connectivity index (χ0n) is 17.0. The summed E-state index contributed by atoms with van der Waals surface area (Å²) in [5.74, 6) is 2.07.